The van der Waals surface area contributed by atoms with Crippen LogP contribution < -0.4 is 5.32 Å². The Morgan fingerprint density at radius 2 is 1.45 bits per heavy atom. The number of rotatable bonds is 2. The Hall–Kier alpha value is -0.490. The first-order valence-electron chi connectivity index (χ1n) is 6.90. The summed E-state index contributed by atoms with van der Waals surface area (Å²) in [5.41, 5.74) is 0.296. The van der Waals surface area contributed by atoms with Crippen LogP contribution in [0.4, 0.5) is 13.2 Å². The molecule has 1 atom stereocenters. The monoisotopic (exact) mass is 358 g/mol. The van der Waals surface area contributed by atoms with E-state index in [0.717, 1.165) is 38.3 Å². The van der Waals surface area contributed by atoms with Gasteiger partial charge >= 0.3 is 0 Å². The van der Waals surface area contributed by atoms with E-state index in [-0.39, 0.29) is 36.3 Å². The Morgan fingerprint density at radius 3 is 1.86 bits per heavy atom. The summed E-state index contributed by atoms with van der Waals surface area (Å²) >= 11 is 0. The van der Waals surface area contributed by atoms with E-state index in [1.807, 2.05) is 20.8 Å². The molecule has 1 N–H and O–H groups in total. The van der Waals surface area contributed by atoms with Crippen molar-refractivity contribution >= 4 is 24.8 Å². The van der Waals surface area contributed by atoms with Crippen molar-refractivity contribution in [2.45, 2.75) is 26.8 Å². The maximum atomic E-state index is 13.5. The molecular weight excluding hydrogens is 336 g/mol. The van der Waals surface area contributed by atoms with Crippen molar-refractivity contribution in [2.24, 2.45) is 5.41 Å². The molecule has 1 aromatic carbocycles. The number of benzene rings is 1. The lowest BCUT2D eigenvalue weighted by Crippen LogP contribution is -2.48. The van der Waals surface area contributed by atoms with Crippen molar-refractivity contribution in [2.75, 3.05) is 26.2 Å². The maximum Gasteiger partial charge on any atom is 0.194 e. The quantitative estimate of drug-likeness (QED) is 0.805. The van der Waals surface area contributed by atoms with Gasteiger partial charge in [-0.3, -0.25) is 4.90 Å². The lowest BCUT2D eigenvalue weighted by molar-refractivity contribution is 0.0856. The normalized spacial score (nSPS) is 17.4. The highest BCUT2D eigenvalue weighted by atomic mass is 35.5. The second-order valence-corrected chi connectivity index (χ2v) is 6.35. The molecule has 0 bridgehead atoms. The van der Waals surface area contributed by atoms with Gasteiger partial charge in [-0.25, -0.2) is 13.2 Å². The Kier molecular flexibility index (Phi) is 8.20. The van der Waals surface area contributed by atoms with Gasteiger partial charge in [0.25, 0.3) is 0 Å². The van der Waals surface area contributed by atoms with E-state index >= 15 is 0 Å². The standard InChI is InChI=1S/C15H21F3N2.2ClH/c1-15(2,3)14(20-6-4-19-5-7-20)10-8-11(16)13(18)12(17)9-10;;/h8-9,14,19H,4-7H2,1-3H3;2*1H/t14-;;/m0../s1. The van der Waals surface area contributed by atoms with E-state index in [2.05, 4.69) is 10.2 Å². The van der Waals surface area contributed by atoms with Gasteiger partial charge in [0.1, 0.15) is 0 Å². The lowest BCUT2D eigenvalue weighted by Gasteiger charge is -2.42. The van der Waals surface area contributed by atoms with Gasteiger partial charge in [-0.2, -0.15) is 0 Å². The van der Waals surface area contributed by atoms with Crippen LogP contribution in [0.25, 0.3) is 0 Å². The van der Waals surface area contributed by atoms with Crippen molar-refractivity contribution in [3.05, 3.63) is 35.1 Å². The molecule has 1 heterocycles. The highest BCUT2D eigenvalue weighted by molar-refractivity contribution is 5.85. The van der Waals surface area contributed by atoms with Crippen LogP contribution in [0.5, 0.6) is 0 Å². The number of piperazine rings is 1. The van der Waals surface area contributed by atoms with Crippen LogP contribution >= 0.6 is 24.8 Å². The second-order valence-electron chi connectivity index (χ2n) is 6.35. The van der Waals surface area contributed by atoms with Crippen LogP contribution in [0.15, 0.2) is 12.1 Å². The summed E-state index contributed by atoms with van der Waals surface area (Å²) in [6.07, 6.45) is 0. The van der Waals surface area contributed by atoms with Crippen LogP contribution in [0, 0.1) is 22.9 Å². The van der Waals surface area contributed by atoms with E-state index < -0.39 is 17.5 Å². The zero-order valence-electron chi connectivity index (χ0n) is 13.0. The fourth-order valence-corrected chi connectivity index (χ4v) is 2.93. The molecule has 2 rings (SSSR count). The van der Waals surface area contributed by atoms with Crippen molar-refractivity contribution in [1.82, 2.24) is 10.2 Å². The SMILES string of the molecule is CC(C)(C)[C@H](c1cc(F)c(F)c(F)c1)N1CCNCC1.Cl.Cl. The van der Waals surface area contributed by atoms with Gasteiger partial charge in [-0.15, -0.1) is 24.8 Å². The Balaban J connectivity index is 0.00000220. The van der Waals surface area contributed by atoms with Gasteiger partial charge in [0, 0.05) is 32.2 Å². The van der Waals surface area contributed by atoms with Gasteiger partial charge < -0.3 is 5.32 Å². The molecular formula is C15H23Cl2F3N2. The number of nitrogens with zero attached hydrogens (tertiary/aromatic N) is 1. The molecule has 128 valence electrons. The summed E-state index contributed by atoms with van der Waals surface area (Å²) in [6, 6.07) is 2.10. The molecule has 1 fully saturated rings. The molecule has 0 unspecified atom stereocenters. The van der Waals surface area contributed by atoms with Crippen molar-refractivity contribution in [1.29, 1.82) is 0 Å². The molecule has 1 aromatic rings. The van der Waals surface area contributed by atoms with Crippen molar-refractivity contribution in [3.63, 3.8) is 0 Å². The molecule has 0 aliphatic carbocycles. The van der Waals surface area contributed by atoms with E-state index in [0.29, 0.717) is 5.56 Å². The summed E-state index contributed by atoms with van der Waals surface area (Å²) in [5.74, 6) is -3.64. The minimum absolute atomic E-state index is 0. The van der Waals surface area contributed by atoms with Crippen LogP contribution in [0.3, 0.4) is 0 Å². The zero-order valence-corrected chi connectivity index (χ0v) is 14.6. The Bertz CT molecular complexity index is 463. The van der Waals surface area contributed by atoms with E-state index in [1.54, 1.807) is 0 Å². The molecule has 1 aliphatic rings. The molecule has 2 nitrogen and oxygen atoms in total. The van der Waals surface area contributed by atoms with Gasteiger partial charge in [-0.1, -0.05) is 20.8 Å². The van der Waals surface area contributed by atoms with Gasteiger partial charge in [-0.05, 0) is 23.1 Å². The summed E-state index contributed by atoms with van der Waals surface area (Å²) in [7, 11) is 0. The minimum Gasteiger partial charge on any atom is -0.314 e. The largest absolute Gasteiger partial charge is 0.314 e. The molecule has 7 heteroatoms. The number of nitrogens with one attached hydrogen (secondary N) is 1. The Morgan fingerprint density at radius 1 is 1.00 bits per heavy atom. The fourth-order valence-electron chi connectivity index (χ4n) is 2.93. The average molecular weight is 359 g/mol. The molecule has 0 radical (unpaired) electrons. The van der Waals surface area contributed by atoms with Crippen LogP contribution in [-0.4, -0.2) is 31.1 Å². The zero-order chi connectivity index (χ0) is 14.9. The highest BCUT2D eigenvalue weighted by Gasteiger charge is 2.33. The summed E-state index contributed by atoms with van der Waals surface area (Å²) in [4.78, 5) is 2.20. The first kappa shape index (κ1) is 21.5. The molecule has 22 heavy (non-hydrogen) atoms. The first-order chi connectivity index (χ1) is 9.30. The smallest absolute Gasteiger partial charge is 0.194 e. The first-order valence-corrected chi connectivity index (χ1v) is 6.90. The van der Waals surface area contributed by atoms with Crippen LogP contribution in [0.1, 0.15) is 32.4 Å². The Labute approximate surface area is 142 Å². The van der Waals surface area contributed by atoms with Crippen LogP contribution in [-0.2, 0) is 0 Å². The molecule has 0 saturated carbocycles. The highest BCUT2D eigenvalue weighted by Crippen LogP contribution is 2.38. The van der Waals surface area contributed by atoms with E-state index in [4.69, 9.17) is 0 Å². The average Bonchev–Trinajstić information content (AvgIpc) is 2.35. The third-order valence-electron chi connectivity index (χ3n) is 3.66. The molecule has 1 aliphatic heterocycles. The number of hydrogen-bond acceptors (Lipinski definition) is 2. The third-order valence-corrected chi connectivity index (χ3v) is 3.66. The molecule has 0 amide bonds. The predicted molar refractivity (Wildman–Crippen MR) is 87.5 cm³/mol. The summed E-state index contributed by atoms with van der Waals surface area (Å²) < 4.78 is 40.2. The molecule has 0 aromatic heterocycles. The molecule has 0 spiro atoms. The van der Waals surface area contributed by atoms with Crippen molar-refractivity contribution < 1.29 is 13.2 Å². The third kappa shape index (κ3) is 4.75. The minimum atomic E-state index is -1.40. The summed E-state index contributed by atoms with van der Waals surface area (Å²) in [5, 5.41) is 3.25. The van der Waals surface area contributed by atoms with Gasteiger partial charge in [0.2, 0.25) is 0 Å². The maximum absolute atomic E-state index is 13.5. The van der Waals surface area contributed by atoms with Crippen LogP contribution in [0.2, 0.25) is 0 Å². The lowest BCUT2D eigenvalue weighted by atomic mass is 9.81. The topological polar surface area (TPSA) is 15.3 Å². The molecule has 1 saturated heterocycles. The fraction of sp³-hybridized carbons (Fsp3) is 0.600. The van der Waals surface area contributed by atoms with E-state index in [1.165, 1.54) is 0 Å². The van der Waals surface area contributed by atoms with Gasteiger partial charge in [0.15, 0.2) is 17.5 Å². The van der Waals surface area contributed by atoms with Gasteiger partial charge in [0.05, 0.1) is 0 Å². The number of hydrogen-bond donors (Lipinski definition) is 1. The van der Waals surface area contributed by atoms with E-state index in [9.17, 15) is 13.2 Å². The second kappa shape index (κ2) is 8.39. The summed E-state index contributed by atoms with van der Waals surface area (Å²) in [6.45, 7) is 9.39. The predicted octanol–water partition coefficient (Wildman–Crippen LogP) is 3.94. The number of halogens is 5. The van der Waals surface area contributed by atoms with Crippen molar-refractivity contribution in [3.8, 4) is 0 Å².